The van der Waals surface area contributed by atoms with Crippen LogP contribution in [0.1, 0.15) is 16.3 Å². The van der Waals surface area contributed by atoms with E-state index in [0.717, 1.165) is 4.90 Å². The zero-order valence-corrected chi connectivity index (χ0v) is 9.17. The minimum absolute atomic E-state index is 0.252. The average molecular weight is 236 g/mol. The van der Waals surface area contributed by atoms with Crippen molar-refractivity contribution >= 4 is 18.0 Å². The van der Waals surface area contributed by atoms with Crippen molar-refractivity contribution in [1.82, 2.24) is 0 Å². The van der Waals surface area contributed by atoms with Gasteiger partial charge in [-0.05, 0) is 30.3 Å². The second kappa shape index (κ2) is 4.99. The van der Waals surface area contributed by atoms with Gasteiger partial charge in [-0.3, -0.25) is 4.79 Å². The monoisotopic (exact) mass is 236 g/mol. The molecule has 0 unspecified atom stereocenters. The highest BCUT2D eigenvalue weighted by atomic mass is 32.2. The standard InChI is InChI=1S/C12H9FO2S/c13-9-2-1-3-12(6-9)16-8-11-5-4-10(7-14)15-11/h1-7H,8H2. The summed E-state index contributed by atoms with van der Waals surface area (Å²) >= 11 is 1.46. The number of rotatable bonds is 4. The van der Waals surface area contributed by atoms with Gasteiger partial charge in [0.1, 0.15) is 11.6 Å². The fourth-order valence-corrected chi connectivity index (χ4v) is 2.08. The van der Waals surface area contributed by atoms with Gasteiger partial charge in [0.25, 0.3) is 0 Å². The number of furan rings is 1. The molecule has 0 N–H and O–H groups in total. The quantitative estimate of drug-likeness (QED) is 0.601. The van der Waals surface area contributed by atoms with E-state index in [1.807, 2.05) is 6.07 Å². The van der Waals surface area contributed by atoms with Gasteiger partial charge in [-0.2, -0.15) is 0 Å². The topological polar surface area (TPSA) is 30.2 Å². The van der Waals surface area contributed by atoms with Crippen molar-refractivity contribution in [3.63, 3.8) is 0 Å². The van der Waals surface area contributed by atoms with E-state index < -0.39 is 0 Å². The van der Waals surface area contributed by atoms with Gasteiger partial charge in [0.05, 0.1) is 5.75 Å². The summed E-state index contributed by atoms with van der Waals surface area (Å²) in [5, 5.41) is 0. The first-order chi connectivity index (χ1) is 7.78. The number of hydrogen-bond acceptors (Lipinski definition) is 3. The molecule has 0 radical (unpaired) electrons. The Morgan fingerprint density at radius 2 is 2.19 bits per heavy atom. The summed E-state index contributed by atoms with van der Waals surface area (Å²) in [5.74, 6) is 1.35. The lowest BCUT2D eigenvalue weighted by molar-refractivity contribution is 0.109. The molecule has 0 saturated carbocycles. The van der Waals surface area contributed by atoms with Crippen LogP contribution in [0.5, 0.6) is 0 Å². The largest absolute Gasteiger partial charge is 0.457 e. The normalized spacial score (nSPS) is 10.3. The number of thioether (sulfide) groups is 1. The molecule has 0 spiro atoms. The zero-order valence-electron chi connectivity index (χ0n) is 8.35. The van der Waals surface area contributed by atoms with Gasteiger partial charge >= 0.3 is 0 Å². The molecule has 1 aromatic heterocycles. The predicted octanol–water partition coefficient (Wildman–Crippen LogP) is 3.52. The van der Waals surface area contributed by atoms with Crippen molar-refractivity contribution in [1.29, 1.82) is 0 Å². The number of carbonyl (C=O) groups excluding carboxylic acids is 1. The Kier molecular flexibility index (Phi) is 3.41. The van der Waals surface area contributed by atoms with Crippen molar-refractivity contribution in [3.8, 4) is 0 Å². The van der Waals surface area contributed by atoms with Gasteiger partial charge in [-0.15, -0.1) is 11.8 Å². The molecule has 1 aromatic carbocycles. The molecular weight excluding hydrogens is 227 g/mol. The van der Waals surface area contributed by atoms with E-state index in [-0.39, 0.29) is 5.82 Å². The molecule has 0 aliphatic rings. The van der Waals surface area contributed by atoms with E-state index >= 15 is 0 Å². The molecule has 0 saturated heterocycles. The number of benzene rings is 1. The highest BCUT2D eigenvalue weighted by Gasteiger charge is 2.02. The smallest absolute Gasteiger partial charge is 0.185 e. The lowest BCUT2D eigenvalue weighted by Crippen LogP contribution is -1.78. The number of hydrogen-bond donors (Lipinski definition) is 0. The summed E-state index contributed by atoms with van der Waals surface area (Å²) < 4.78 is 18.1. The van der Waals surface area contributed by atoms with Crippen LogP contribution >= 0.6 is 11.8 Å². The number of aldehydes is 1. The Labute approximate surface area is 96.5 Å². The van der Waals surface area contributed by atoms with Crippen LogP contribution in [0.15, 0.2) is 45.7 Å². The second-order valence-electron chi connectivity index (χ2n) is 3.17. The molecule has 2 rings (SSSR count). The lowest BCUT2D eigenvalue weighted by Gasteiger charge is -1.98. The van der Waals surface area contributed by atoms with Gasteiger partial charge in [0, 0.05) is 4.90 Å². The Morgan fingerprint density at radius 1 is 1.31 bits per heavy atom. The van der Waals surface area contributed by atoms with E-state index in [4.69, 9.17) is 4.42 Å². The third-order valence-electron chi connectivity index (χ3n) is 1.98. The SMILES string of the molecule is O=Cc1ccc(CSc2cccc(F)c2)o1. The molecule has 2 nitrogen and oxygen atoms in total. The first-order valence-electron chi connectivity index (χ1n) is 4.70. The van der Waals surface area contributed by atoms with Crippen LogP contribution in [0.25, 0.3) is 0 Å². The fourth-order valence-electron chi connectivity index (χ4n) is 1.25. The molecule has 1 heterocycles. The van der Waals surface area contributed by atoms with Gasteiger partial charge in [0.15, 0.2) is 12.0 Å². The molecule has 0 aliphatic heterocycles. The summed E-state index contributed by atoms with van der Waals surface area (Å²) in [4.78, 5) is 11.2. The maximum Gasteiger partial charge on any atom is 0.185 e. The van der Waals surface area contributed by atoms with Crippen LogP contribution in [0.4, 0.5) is 4.39 Å². The maximum atomic E-state index is 12.9. The summed E-state index contributed by atoms with van der Waals surface area (Å²) in [7, 11) is 0. The van der Waals surface area contributed by atoms with Crippen molar-refractivity contribution in [2.24, 2.45) is 0 Å². The van der Waals surface area contributed by atoms with Crippen molar-refractivity contribution in [2.75, 3.05) is 0 Å². The van der Waals surface area contributed by atoms with Crippen molar-refractivity contribution < 1.29 is 13.6 Å². The van der Waals surface area contributed by atoms with E-state index in [1.54, 1.807) is 18.2 Å². The third kappa shape index (κ3) is 2.73. The fraction of sp³-hybridized carbons (Fsp3) is 0.0833. The zero-order chi connectivity index (χ0) is 11.4. The Bertz CT molecular complexity index is 493. The Balaban J connectivity index is 1.99. The van der Waals surface area contributed by atoms with Gasteiger partial charge < -0.3 is 4.42 Å². The molecule has 0 bridgehead atoms. The van der Waals surface area contributed by atoms with Crippen LogP contribution < -0.4 is 0 Å². The molecule has 0 fully saturated rings. The molecule has 0 atom stereocenters. The Morgan fingerprint density at radius 3 is 2.88 bits per heavy atom. The van der Waals surface area contributed by atoms with E-state index in [9.17, 15) is 9.18 Å². The first-order valence-corrected chi connectivity index (χ1v) is 5.69. The van der Waals surface area contributed by atoms with Crippen LogP contribution in [0.2, 0.25) is 0 Å². The summed E-state index contributed by atoms with van der Waals surface area (Å²) in [6.07, 6.45) is 0.663. The first kappa shape index (κ1) is 11.0. The van der Waals surface area contributed by atoms with Crippen LogP contribution in [0, 0.1) is 5.82 Å². The molecular formula is C12H9FO2S. The van der Waals surface area contributed by atoms with Crippen LogP contribution in [-0.4, -0.2) is 6.29 Å². The molecule has 4 heteroatoms. The summed E-state index contributed by atoms with van der Waals surface area (Å²) in [6, 6.07) is 9.73. The second-order valence-corrected chi connectivity index (χ2v) is 4.22. The van der Waals surface area contributed by atoms with Gasteiger partial charge in [-0.1, -0.05) is 6.07 Å². The molecule has 2 aromatic rings. The van der Waals surface area contributed by atoms with E-state index in [1.165, 1.54) is 23.9 Å². The van der Waals surface area contributed by atoms with Crippen molar-refractivity contribution in [2.45, 2.75) is 10.6 Å². The molecule has 0 amide bonds. The summed E-state index contributed by atoms with van der Waals surface area (Å²) in [5.41, 5.74) is 0. The predicted molar refractivity (Wildman–Crippen MR) is 60.1 cm³/mol. The minimum Gasteiger partial charge on any atom is -0.457 e. The molecule has 16 heavy (non-hydrogen) atoms. The summed E-state index contributed by atoms with van der Waals surface area (Å²) in [6.45, 7) is 0. The number of halogens is 1. The third-order valence-corrected chi connectivity index (χ3v) is 2.99. The maximum absolute atomic E-state index is 12.9. The highest BCUT2D eigenvalue weighted by Crippen LogP contribution is 2.23. The Hall–Kier alpha value is -1.55. The van der Waals surface area contributed by atoms with Crippen LogP contribution in [-0.2, 0) is 5.75 Å². The molecule has 0 aliphatic carbocycles. The average Bonchev–Trinajstić information content (AvgIpc) is 2.74. The number of carbonyl (C=O) groups is 1. The van der Waals surface area contributed by atoms with Crippen LogP contribution in [0.3, 0.4) is 0 Å². The van der Waals surface area contributed by atoms with Gasteiger partial charge in [-0.25, -0.2) is 4.39 Å². The van der Waals surface area contributed by atoms with Gasteiger partial charge in [0.2, 0.25) is 0 Å². The molecule has 82 valence electrons. The van der Waals surface area contributed by atoms with Crippen molar-refractivity contribution in [3.05, 3.63) is 53.7 Å². The minimum atomic E-state index is -0.252. The van der Waals surface area contributed by atoms with E-state index in [0.29, 0.717) is 23.6 Å². The highest BCUT2D eigenvalue weighted by molar-refractivity contribution is 7.98. The lowest BCUT2D eigenvalue weighted by atomic mass is 10.4. The van der Waals surface area contributed by atoms with E-state index in [2.05, 4.69) is 0 Å².